The second-order valence-electron chi connectivity index (χ2n) is 4.46. The molecule has 80 valence electrons. The van der Waals surface area contributed by atoms with E-state index in [-0.39, 0.29) is 6.04 Å². The molecule has 2 aromatic rings. The first kappa shape index (κ1) is 10.2. The van der Waals surface area contributed by atoms with Gasteiger partial charge in [-0.1, -0.05) is 32.0 Å². The van der Waals surface area contributed by atoms with E-state index >= 15 is 0 Å². The van der Waals surface area contributed by atoms with E-state index < -0.39 is 0 Å². The zero-order valence-electron chi connectivity index (χ0n) is 9.57. The van der Waals surface area contributed by atoms with Gasteiger partial charge in [-0.3, -0.25) is 0 Å². The summed E-state index contributed by atoms with van der Waals surface area (Å²) in [6.45, 7) is 4.31. The number of hydrogen-bond acceptors (Lipinski definition) is 1. The van der Waals surface area contributed by atoms with Crippen LogP contribution in [0, 0.1) is 5.92 Å². The molecule has 2 N–H and O–H groups in total. The van der Waals surface area contributed by atoms with E-state index in [4.69, 9.17) is 5.73 Å². The van der Waals surface area contributed by atoms with Crippen molar-refractivity contribution in [1.82, 2.24) is 4.57 Å². The highest BCUT2D eigenvalue weighted by molar-refractivity contribution is 5.81. The molecule has 2 heteroatoms. The van der Waals surface area contributed by atoms with Crippen LogP contribution in [0.25, 0.3) is 10.9 Å². The van der Waals surface area contributed by atoms with Crippen LogP contribution in [0.5, 0.6) is 0 Å². The van der Waals surface area contributed by atoms with E-state index in [1.54, 1.807) is 0 Å². The lowest BCUT2D eigenvalue weighted by Gasteiger charge is -2.16. The molecule has 1 aromatic heterocycles. The number of benzene rings is 1. The van der Waals surface area contributed by atoms with Gasteiger partial charge in [0, 0.05) is 24.3 Å². The van der Waals surface area contributed by atoms with Crippen LogP contribution in [0.4, 0.5) is 0 Å². The normalized spacial score (nSPS) is 13.7. The second-order valence-corrected chi connectivity index (χ2v) is 4.46. The van der Waals surface area contributed by atoms with E-state index in [0.29, 0.717) is 5.92 Å². The molecule has 2 rings (SSSR count). The van der Waals surface area contributed by atoms with E-state index in [2.05, 4.69) is 55.8 Å². The van der Waals surface area contributed by atoms with Crippen molar-refractivity contribution < 1.29 is 0 Å². The summed E-state index contributed by atoms with van der Waals surface area (Å²) in [4.78, 5) is 0. The molecular formula is C13H18N2. The molecule has 0 saturated heterocycles. The summed E-state index contributed by atoms with van der Waals surface area (Å²) in [6.07, 6.45) is 0. The number of hydrogen-bond donors (Lipinski definition) is 1. The van der Waals surface area contributed by atoms with Gasteiger partial charge in [0.15, 0.2) is 0 Å². The van der Waals surface area contributed by atoms with Gasteiger partial charge in [-0.15, -0.1) is 0 Å². The average molecular weight is 202 g/mol. The Morgan fingerprint density at radius 1 is 1.20 bits per heavy atom. The maximum atomic E-state index is 6.18. The molecule has 0 fully saturated rings. The van der Waals surface area contributed by atoms with E-state index in [1.807, 2.05) is 0 Å². The third-order valence-electron chi connectivity index (χ3n) is 3.05. The summed E-state index contributed by atoms with van der Waals surface area (Å²) in [5.74, 6) is 0.466. The maximum Gasteiger partial charge on any atom is 0.0480 e. The molecule has 0 aliphatic carbocycles. The summed E-state index contributed by atoms with van der Waals surface area (Å²) >= 11 is 0. The van der Waals surface area contributed by atoms with Crippen molar-refractivity contribution in [3.8, 4) is 0 Å². The fourth-order valence-corrected chi connectivity index (χ4v) is 1.97. The Bertz CT molecular complexity index is 468. The van der Waals surface area contributed by atoms with Crippen molar-refractivity contribution in [2.45, 2.75) is 19.9 Å². The Morgan fingerprint density at radius 2 is 1.87 bits per heavy atom. The molecular weight excluding hydrogens is 184 g/mol. The molecule has 0 amide bonds. The molecule has 0 bridgehead atoms. The van der Waals surface area contributed by atoms with Gasteiger partial charge < -0.3 is 10.3 Å². The average Bonchev–Trinajstić information content (AvgIpc) is 2.56. The Labute approximate surface area is 90.7 Å². The standard InChI is InChI=1S/C13H18N2/c1-9(2)13(14)12-8-10-6-4-5-7-11(10)15(12)3/h4-9,13H,14H2,1-3H3/t13-/m0/s1. The topological polar surface area (TPSA) is 30.9 Å². The van der Waals surface area contributed by atoms with Crippen LogP contribution in [0.15, 0.2) is 30.3 Å². The monoisotopic (exact) mass is 202 g/mol. The maximum absolute atomic E-state index is 6.18. The van der Waals surface area contributed by atoms with Gasteiger partial charge in [0.25, 0.3) is 0 Å². The van der Waals surface area contributed by atoms with Gasteiger partial charge in [-0.2, -0.15) is 0 Å². The van der Waals surface area contributed by atoms with Crippen LogP contribution in [-0.4, -0.2) is 4.57 Å². The highest BCUT2D eigenvalue weighted by Crippen LogP contribution is 2.25. The van der Waals surface area contributed by atoms with Crippen LogP contribution in [0.1, 0.15) is 25.6 Å². The van der Waals surface area contributed by atoms with Crippen LogP contribution in [0.3, 0.4) is 0 Å². The molecule has 0 radical (unpaired) electrons. The molecule has 0 aliphatic heterocycles. The molecule has 1 aromatic carbocycles. The predicted octanol–water partition coefficient (Wildman–Crippen LogP) is 2.83. The van der Waals surface area contributed by atoms with Gasteiger partial charge in [0.2, 0.25) is 0 Å². The minimum Gasteiger partial charge on any atom is -0.346 e. The fourth-order valence-electron chi connectivity index (χ4n) is 1.97. The van der Waals surface area contributed by atoms with Crippen molar-refractivity contribution in [3.05, 3.63) is 36.0 Å². The summed E-state index contributed by atoms with van der Waals surface area (Å²) < 4.78 is 2.19. The van der Waals surface area contributed by atoms with E-state index in [1.165, 1.54) is 16.6 Å². The first-order valence-electron chi connectivity index (χ1n) is 5.41. The highest BCUT2D eigenvalue weighted by atomic mass is 15.0. The Hall–Kier alpha value is -1.28. The number of rotatable bonds is 2. The van der Waals surface area contributed by atoms with Crippen LogP contribution >= 0.6 is 0 Å². The molecule has 0 saturated carbocycles. The van der Waals surface area contributed by atoms with E-state index in [0.717, 1.165) is 0 Å². The van der Waals surface area contributed by atoms with Crippen molar-refractivity contribution >= 4 is 10.9 Å². The quantitative estimate of drug-likeness (QED) is 0.797. The molecule has 2 nitrogen and oxygen atoms in total. The molecule has 0 aliphatic rings. The van der Waals surface area contributed by atoms with Gasteiger partial charge in [-0.05, 0) is 23.4 Å². The third kappa shape index (κ3) is 1.65. The number of para-hydroxylation sites is 1. The summed E-state index contributed by atoms with van der Waals surface area (Å²) in [7, 11) is 2.08. The number of aromatic nitrogens is 1. The molecule has 1 heterocycles. The minimum absolute atomic E-state index is 0.113. The molecule has 0 spiro atoms. The highest BCUT2D eigenvalue weighted by Gasteiger charge is 2.15. The fraction of sp³-hybridized carbons (Fsp3) is 0.385. The lowest BCUT2D eigenvalue weighted by molar-refractivity contribution is 0.492. The lowest BCUT2D eigenvalue weighted by atomic mass is 10.0. The van der Waals surface area contributed by atoms with Crippen molar-refractivity contribution in [1.29, 1.82) is 0 Å². The zero-order valence-corrected chi connectivity index (χ0v) is 9.57. The minimum atomic E-state index is 0.113. The number of nitrogens with two attached hydrogens (primary N) is 1. The van der Waals surface area contributed by atoms with Gasteiger partial charge in [-0.25, -0.2) is 0 Å². The smallest absolute Gasteiger partial charge is 0.0480 e. The Morgan fingerprint density at radius 3 is 2.47 bits per heavy atom. The zero-order chi connectivity index (χ0) is 11.0. The SMILES string of the molecule is CC(C)[C@H](N)c1cc2ccccc2n1C. The van der Waals surface area contributed by atoms with Gasteiger partial charge in [0.05, 0.1) is 0 Å². The first-order chi connectivity index (χ1) is 7.11. The third-order valence-corrected chi connectivity index (χ3v) is 3.05. The largest absolute Gasteiger partial charge is 0.346 e. The number of fused-ring (bicyclic) bond motifs is 1. The van der Waals surface area contributed by atoms with Crippen molar-refractivity contribution in [2.24, 2.45) is 18.7 Å². The molecule has 15 heavy (non-hydrogen) atoms. The van der Waals surface area contributed by atoms with Crippen LogP contribution < -0.4 is 5.73 Å². The lowest BCUT2D eigenvalue weighted by Crippen LogP contribution is -2.19. The van der Waals surface area contributed by atoms with Gasteiger partial charge in [0.1, 0.15) is 0 Å². The van der Waals surface area contributed by atoms with Crippen LogP contribution in [-0.2, 0) is 7.05 Å². The van der Waals surface area contributed by atoms with Crippen molar-refractivity contribution in [2.75, 3.05) is 0 Å². The summed E-state index contributed by atoms with van der Waals surface area (Å²) in [5, 5.41) is 1.27. The van der Waals surface area contributed by atoms with Crippen molar-refractivity contribution in [3.63, 3.8) is 0 Å². The molecule has 0 unspecified atom stereocenters. The van der Waals surface area contributed by atoms with Gasteiger partial charge >= 0.3 is 0 Å². The van der Waals surface area contributed by atoms with Crippen LogP contribution in [0.2, 0.25) is 0 Å². The number of aryl methyl sites for hydroxylation is 1. The predicted molar refractivity (Wildman–Crippen MR) is 64.7 cm³/mol. The Kier molecular flexibility index (Phi) is 2.53. The van der Waals surface area contributed by atoms with E-state index in [9.17, 15) is 0 Å². The first-order valence-corrected chi connectivity index (χ1v) is 5.41. The molecule has 1 atom stereocenters. The Balaban J connectivity index is 2.58. The second kappa shape index (κ2) is 3.70. The summed E-state index contributed by atoms with van der Waals surface area (Å²) in [5.41, 5.74) is 8.65. The number of nitrogens with zero attached hydrogens (tertiary/aromatic N) is 1. The summed E-state index contributed by atoms with van der Waals surface area (Å²) in [6, 6.07) is 10.7.